The van der Waals surface area contributed by atoms with Gasteiger partial charge >= 0.3 is 0 Å². The Balaban J connectivity index is 1.61. The number of rotatable bonds is 3. The molecular formula is C20H22N6O2. The van der Waals surface area contributed by atoms with E-state index in [1.165, 1.54) is 6.20 Å². The van der Waals surface area contributed by atoms with Crippen LogP contribution in [-0.4, -0.2) is 56.4 Å². The Morgan fingerprint density at radius 1 is 1.18 bits per heavy atom. The smallest absolute Gasteiger partial charge is 0.256 e. The SMILES string of the molecule is CNC(=O)c1cnn2c(C3CCCN(C(=O)c4ccc(C)nc4)C3)ccnc12. The zero-order valence-corrected chi connectivity index (χ0v) is 15.9. The summed E-state index contributed by atoms with van der Waals surface area (Å²) in [5.74, 6) is -0.0972. The van der Waals surface area contributed by atoms with E-state index in [0.717, 1.165) is 30.8 Å². The number of carbonyl (C=O) groups is 2. The van der Waals surface area contributed by atoms with E-state index in [1.807, 2.05) is 30.0 Å². The third-order valence-electron chi connectivity index (χ3n) is 5.19. The number of hydrogen-bond donors (Lipinski definition) is 1. The molecule has 1 unspecified atom stereocenters. The van der Waals surface area contributed by atoms with E-state index in [-0.39, 0.29) is 17.7 Å². The molecule has 144 valence electrons. The number of nitrogens with one attached hydrogen (secondary N) is 1. The average molecular weight is 378 g/mol. The minimum atomic E-state index is -0.216. The van der Waals surface area contributed by atoms with Crippen molar-refractivity contribution in [1.29, 1.82) is 0 Å². The van der Waals surface area contributed by atoms with Crippen LogP contribution in [0.1, 0.15) is 50.9 Å². The highest BCUT2D eigenvalue weighted by molar-refractivity contribution is 5.99. The van der Waals surface area contributed by atoms with Crippen LogP contribution in [0, 0.1) is 6.92 Å². The van der Waals surface area contributed by atoms with Crippen molar-refractivity contribution in [3.63, 3.8) is 0 Å². The van der Waals surface area contributed by atoms with Crippen LogP contribution < -0.4 is 5.32 Å². The van der Waals surface area contributed by atoms with Crippen molar-refractivity contribution >= 4 is 17.5 Å². The van der Waals surface area contributed by atoms with Gasteiger partial charge in [-0.25, -0.2) is 9.50 Å². The molecule has 1 saturated heterocycles. The molecule has 0 radical (unpaired) electrons. The maximum atomic E-state index is 12.9. The van der Waals surface area contributed by atoms with E-state index < -0.39 is 0 Å². The first-order valence-corrected chi connectivity index (χ1v) is 9.35. The second-order valence-electron chi connectivity index (χ2n) is 7.02. The largest absolute Gasteiger partial charge is 0.355 e. The highest BCUT2D eigenvalue weighted by Gasteiger charge is 2.28. The lowest BCUT2D eigenvalue weighted by Gasteiger charge is -2.33. The fourth-order valence-corrected chi connectivity index (χ4v) is 3.69. The first-order valence-electron chi connectivity index (χ1n) is 9.35. The summed E-state index contributed by atoms with van der Waals surface area (Å²) in [7, 11) is 1.58. The lowest BCUT2D eigenvalue weighted by molar-refractivity contribution is 0.0704. The van der Waals surface area contributed by atoms with Gasteiger partial charge in [0.2, 0.25) is 0 Å². The van der Waals surface area contributed by atoms with E-state index in [4.69, 9.17) is 0 Å². The van der Waals surface area contributed by atoms with Gasteiger partial charge in [-0.2, -0.15) is 5.10 Å². The second kappa shape index (κ2) is 7.38. The molecule has 4 heterocycles. The molecule has 0 bridgehead atoms. The lowest BCUT2D eigenvalue weighted by atomic mass is 9.94. The first-order chi connectivity index (χ1) is 13.6. The van der Waals surface area contributed by atoms with Crippen LogP contribution >= 0.6 is 0 Å². The van der Waals surface area contributed by atoms with Crippen LogP contribution in [0.4, 0.5) is 0 Å². The Bertz CT molecular complexity index is 1030. The summed E-state index contributed by atoms with van der Waals surface area (Å²) >= 11 is 0. The molecule has 0 saturated carbocycles. The molecule has 3 aromatic heterocycles. The van der Waals surface area contributed by atoms with Crippen molar-refractivity contribution in [2.24, 2.45) is 0 Å². The second-order valence-corrected chi connectivity index (χ2v) is 7.02. The molecule has 28 heavy (non-hydrogen) atoms. The van der Waals surface area contributed by atoms with Crippen molar-refractivity contribution in [3.05, 3.63) is 59.3 Å². The standard InChI is InChI=1S/C20H22N6O2/c1-13-5-6-14(10-23-13)20(28)25-9-3-4-15(12-25)17-7-8-22-18-16(19(27)21-2)11-24-26(17)18/h5-8,10-11,15H,3-4,9,12H2,1-2H3,(H,21,27). The van der Waals surface area contributed by atoms with Crippen LogP contribution in [0.15, 0.2) is 36.8 Å². The summed E-state index contributed by atoms with van der Waals surface area (Å²) < 4.78 is 1.72. The van der Waals surface area contributed by atoms with E-state index in [1.54, 1.807) is 24.0 Å². The number of fused-ring (bicyclic) bond motifs is 1. The van der Waals surface area contributed by atoms with Crippen molar-refractivity contribution in [2.75, 3.05) is 20.1 Å². The molecule has 0 aromatic carbocycles. The maximum absolute atomic E-state index is 12.9. The third kappa shape index (κ3) is 3.21. The van der Waals surface area contributed by atoms with Gasteiger partial charge in [0.15, 0.2) is 5.65 Å². The summed E-state index contributed by atoms with van der Waals surface area (Å²) in [6, 6.07) is 5.59. The number of aryl methyl sites for hydroxylation is 1. The minimum Gasteiger partial charge on any atom is -0.355 e. The molecule has 8 heteroatoms. The van der Waals surface area contributed by atoms with E-state index in [0.29, 0.717) is 23.3 Å². The Kier molecular flexibility index (Phi) is 4.77. The molecule has 0 aliphatic carbocycles. The number of hydrogen-bond acceptors (Lipinski definition) is 5. The molecule has 1 N–H and O–H groups in total. The topological polar surface area (TPSA) is 92.5 Å². The molecule has 2 amide bonds. The summed E-state index contributed by atoms with van der Waals surface area (Å²) in [5.41, 5.74) is 3.42. The van der Waals surface area contributed by atoms with Crippen molar-refractivity contribution in [1.82, 2.24) is 29.8 Å². The van der Waals surface area contributed by atoms with Gasteiger partial charge < -0.3 is 10.2 Å². The number of carbonyl (C=O) groups excluding carboxylic acids is 2. The number of likely N-dealkylation sites (tertiary alicyclic amines) is 1. The predicted octanol–water partition coefficient (Wildman–Crippen LogP) is 1.81. The number of aromatic nitrogens is 4. The monoisotopic (exact) mass is 378 g/mol. The molecule has 4 rings (SSSR count). The van der Waals surface area contributed by atoms with Gasteiger partial charge in [0, 0.05) is 44.1 Å². The fourth-order valence-electron chi connectivity index (χ4n) is 3.69. The quantitative estimate of drug-likeness (QED) is 0.750. The fraction of sp³-hybridized carbons (Fsp3) is 0.350. The molecule has 1 fully saturated rings. The molecule has 1 atom stereocenters. The van der Waals surface area contributed by atoms with Crippen LogP contribution in [0.3, 0.4) is 0 Å². The van der Waals surface area contributed by atoms with Gasteiger partial charge in [0.1, 0.15) is 5.56 Å². The van der Waals surface area contributed by atoms with Crippen molar-refractivity contribution in [3.8, 4) is 0 Å². The summed E-state index contributed by atoms with van der Waals surface area (Å²) in [6.45, 7) is 3.22. The highest BCUT2D eigenvalue weighted by Crippen LogP contribution is 2.28. The summed E-state index contributed by atoms with van der Waals surface area (Å²) in [5, 5.41) is 6.99. The Labute approximate surface area is 162 Å². The van der Waals surface area contributed by atoms with Crippen LogP contribution in [0.2, 0.25) is 0 Å². The molecular weight excluding hydrogens is 356 g/mol. The van der Waals surface area contributed by atoms with Gasteiger partial charge in [-0.15, -0.1) is 0 Å². The third-order valence-corrected chi connectivity index (χ3v) is 5.19. The molecule has 1 aliphatic heterocycles. The predicted molar refractivity (Wildman–Crippen MR) is 103 cm³/mol. The highest BCUT2D eigenvalue weighted by atomic mass is 16.2. The van der Waals surface area contributed by atoms with Gasteiger partial charge in [0.05, 0.1) is 17.5 Å². The maximum Gasteiger partial charge on any atom is 0.256 e. The van der Waals surface area contributed by atoms with E-state index >= 15 is 0 Å². The number of piperidine rings is 1. The zero-order valence-electron chi connectivity index (χ0n) is 15.9. The zero-order chi connectivity index (χ0) is 19.7. The molecule has 8 nitrogen and oxygen atoms in total. The van der Waals surface area contributed by atoms with E-state index in [2.05, 4.69) is 20.4 Å². The average Bonchev–Trinajstić information content (AvgIpc) is 3.17. The van der Waals surface area contributed by atoms with E-state index in [9.17, 15) is 9.59 Å². The Hall–Kier alpha value is -3.29. The van der Waals surface area contributed by atoms with Crippen LogP contribution in [0.5, 0.6) is 0 Å². The van der Waals surface area contributed by atoms with Crippen molar-refractivity contribution < 1.29 is 9.59 Å². The van der Waals surface area contributed by atoms with Crippen molar-refractivity contribution in [2.45, 2.75) is 25.7 Å². The van der Waals surface area contributed by atoms with Gasteiger partial charge in [-0.1, -0.05) is 0 Å². The summed E-state index contributed by atoms with van der Waals surface area (Å²) in [6.07, 6.45) is 6.72. The molecule has 0 spiro atoms. The molecule has 3 aromatic rings. The Morgan fingerprint density at radius 3 is 2.79 bits per heavy atom. The number of pyridine rings is 1. The van der Waals surface area contributed by atoms with Gasteiger partial charge in [-0.3, -0.25) is 14.6 Å². The van der Waals surface area contributed by atoms with Gasteiger partial charge in [-0.05, 0) is 38.0 Å². The number of amides is 2. The normalized spacial score (nSPS) is 16.9. The van der Waals surface area contributed by atoms with Crippen LogP contribution in [0.25, 0.3) is 5.65 Å². The Morgan fingerprint density at radius 2 is 2.04 bits per heavy atom. The van der Waals surface area contributed by atoms with Crippen LogP contribution in [-0.2, 0) is 0 Å². The minimum absolute atomic E-state index is 0.00554. The molecule has 1 aliphatic rings. The first kappa shape index (κ1) is 18.1. The number of nitrogens with zero attached hydrogens (tertiary/aromatic N) is 5. The lowest BCUT2D eigenvalue weighted by Crippen LogP contribution is -2.39. The summed E-state index contributed by atoms with van der Waals surface area (Å²) in [4.78, 5) is 35.3. The van der Waals surface area contributed by atoms with Gasteiger partial charge in [0.25, 0.3) is 11.8 Å².